The molecule has 1 aliphatic rings. The minimum atomic E-state index is 0.795. The fourth-order valence-electron chi connectivity index (χ4n) is 1.76. The van der Waals surface area contributed by atoms with Crippen molar-refractivity contribution >= 4 is 5.71 Å². The van der Waals surface area contributed by atoms with Gasteiger partial charge in [-0.15, -0.1) is 0 Å². The molecule has 1 aliphatic heterocycles. The number of methoxy groups -OCH3 is 1. The lowest BCUT2D eigenvalue weighted by Crippen LogP contribution is -2.07. The van der Waals surface area contributed by atoms with E-state index < -0.39 is 0 Å². The van der Waals surface area contributed by atoms with Gasteiger partial charge < -0.3 is 15.0 Å². The maximum atomic E-state index is 5.33. The molecule has 0 aromatic carbocycles. The molecule has 2 heterocycles. The molecule has 4 nitrogen and oxygen atoms in total. The maximum Gasteiger partial charge on any atom is 0.148 e. The summed E-state index contributed by atoms with van der Waals surface area (Å²) in [7, 11) is 1.67. The number of aliphatic imine (C=N–C) groups is 1. The lowest BCUT2D eigenvalue weighted by atomic mass is 10.2. The van der Waals surface area contributed by atoms with Crippen molar-refractivity contribution in [2.75, 3.05) is 13.7 Å². The molecule has 0 amide bonds. The first kappa shape index (κ1) is 12.5. The molecule has 0 atom stereocenters. The number of ether oxygens (including phenoxy) is 1. The molecular formula is C14H19N3O. The molecule has 1 aromatic heterocycles. The van der Waals surface area contributed by atoms with Gasteiger partial charge in [0.05, 0.1) is 18.5 Å². The van der Waals surface area contributed by atoms with Gasteiger partial charge >= 0.3 is 0 Å². The van der Waals surface area contributed by atoms with E-state index in [1.807, 2.05) is 30.6 Å². The monoisotopic (exact) mass is 245 g/mol. The van der Waals surface area contributed by atoms with Crippen molar-refractivity contribution in [2.45, 2.75) is 19.8 Å². The van der Waals surface area contributed by atoms with Gasteiger partial charge in [-0.3, -0.25) is 0 Å². The zero-order valence-electron chi connectivity index (χ0n) is 10.9. The summed E-state index contributed by atoms with van der Waals surface area (Å²) < 4.78 is 5.33. The average molecular weight is 245 g/mol. The average Bonchev–Trinajstić information content (AvgIpc) is 3.03. The first-order valence-corrected chi connectivity index (χ1v) is 6.27. The molecule has 0 saturated carbocycles. The molecule has 0 unspecified atom stereocenters. The zero-order valence-corrected chi connectivity index (χ0v) is 10.9. The molecule has 0 saturated heterocycles. The molecular weight excluding hydrogens is 226 g/mol. The third-order valence-electron chi connectivity index (χ3n) is 2.77. The van der Waals surface area contributed by atoms with Crippen LogP contribution in [0.5, 0.6) is 0 Å². The molecule has 2 rings (SSSR count). The molecule has 2 N–H and O–H groups in total. The molecule has 0 aliphatic carbocycles. The number of H-pyrrole nitrogens is 1. The Labute approximate surface area is 107 Å². The number of aromatic nitrogens is 1. The van der Waals surface area contributed by atoms with E-state index >= 15 is 0 Å². The van der Waals surface area contributed by atoms with Crippen molar-refractivity contribution in [3.63, 3.8) is 0 Å². The standard InChI is InChI=1S/C14H19N3O/c1-3-4-7-15-10-13-14(18-2)9-12(17-13)11-6-5-8-16-11/h5-6,8-10,15-16H,3-4,7H2,1-2H3/b13-10-. The Balaban J connectivity index is 2.09. The Kier molecular flexibility index (Phi) is 4.23. The second-order valence-corrected chi connectivity index (χ2v) is 4.13. The molecule has 0 bridgehead atoms. The predicted octanol–water partition coefficient (Wildman–Crippen LogP) is 2.58. The predicted molar refractivity (Wildman–Crippen MR) is 73.4 cm³/mol. The van der Waals surface area contributed by atoms with Crippen LogP contribution < -0.4 is 5.32 Å². The van der Waals surface area contributed by atoms with Crippen molar-refractivity contribution < 1.29 is 4.74 Å². The number of unbranched alkanes of at least 4 members (excludes halogenated alkanes) is 1. The van der Waals surface area contributed by atoms with Crippen LogP contribution in [-0.4, -0.2) is 24.4 Å². The fourth-order valence-corrected chi connectivity index (χ4v) is 1.76. The van der Waals surface area contributed by atoms with Crippen LogP contribution in [0.25, 0.3) is 0 Å². The van der Waals surface area contributed by atoms with Gasteiger partial charge in [0.15, 0.2) is 0 Å². The van der Waals surface area contributed by atoms with Crippen LogP contribution in [0.3, 0.4) is 0 Å². The third kappa shape index (κ3) is 2.83. The highest BCUT2D eigenvalue weighted by Gasteiger charge is 2.16. The lowest BCUT2D eigenvalue weighted by molar-refractivity contribution is 0.302. The first-order chi connectivity index (χ1) is 8.85. The first-order valence-electron chi connectivity index (χ1n) is 6.27. The summed E-state index contributed by atoms with van der Waals surface area (Å²) in [6.07, 6.45) is 8.09. The van der Waals surface area contributed by atoms with Crippen LogP contribution in [0.4, 0.5) is 0 Å². The SMILES string of the molecule is CCCCN/C=C1\N=C(c2ccc[nH]2)C=C1OC. The van der Waals surface area contributed by atoms with Gasteiger partial charge in [0.1, 0.15) is 11.5 Å². The Hall–Kier alpha value is -1.97. The topological polar surface area (TPSA) is 49.4 Å². The summed E-state index contributed by atoms with van der Waals surface area (Å²) in [4.78, 5) is 7.69. The van der Waals surface area contributed by atoms with E-state index in [1.54, 1.807) is 7.11 Å². The van der Waals surface area contributed by atoms with Crippen molar-refractivity contribution in [3.05, 3.63) is 47.8 Å². The van der Waals surface area contributed by atoms with Crippen LogP contribution in [-0.2, 0) is 4.74 Å². The maximum absolute atomic E-state index is 5.33. The van der Waals surface area contributed by atoms with Crippen LogP contribution >= 0.6 is 0 Å². The number of hydrogen-bond acceptors (Lipinski definition) is 3. The number of nitrogens with one attached hydrogen (secondary N) is 2. The molecule has 1 aromatic rings. The normalized spacial score (nSPS) is 16.7. The second kappa shape index (κ2) is 6.10. The molecule has 0 radical (unpaired) electrons. The third-order valence-corrected chi connectivity index (χ3v) is 2.77. The van der Waals surface area contributed by atoms with Gasteiger partial charge in [-0.1, -0.05) is 13.3 Å². The zero-order chi connectivity index (χ0) is 12.8. The minimum absolute atomic E-state index is 0.795. The van der Waals surface area contributed by atoms with E-state index in [2.05, 4.69) is 22.2 Å². The summed E-state index contributed by atoms with van der Waals surface area (Å²) >= 11 is 0. The lowest BCUT2D eigenvalue weighted by Gasteiger charge is -2.03. The van der Waals surface area contributed by atoms with Gasteiger partial charge in [-0.2, -0.15) is 0 Å². The molecule has 0 fully saturated rings. The van der Waals surface area contributed by atoms with Crippen molar-refractivity contribution in [1.82, 2.24) is 10.3 Å². The molecule has 96 valence electrons. The Bertz CT molecular complexity index is 469. The summed E-state index contributed by atoms with van der Waals surface area (Å²) in [5.74, 6) is 0.795. The van der Waals surface area contributed by atoms with Gasteiger partial charge in [-0.25, -0.2) is 4.99 Å². The number of nitrogens with zero attached hydrogens (tertiary/aromatic N) is 1. The van der Waals surface area contributed by atoms with Crippen LogP contribution in [0.2, 0.25) is 0 Å². The van der Waals surface area contributed by atoms with E-state index in [-0.39, 0.29) is 0 Å². The van der Waals surface area contributed by atoms with Crippen LogP contribution in [0.1, 0.15) is 25.5 Å². The smallest absolute Gasteiger partial charge is 0.148 e. The Morgan fingerprint density at radius 1 is 1.50 bits per heavy atom. The highest BCUT2D eigenvalue weighted by molar-refractivity contribution is 6.10. The Morgan fingerprint density at radius 2 is 2.39 bits per heavy atom. The highest BCUT2D eigenvalue weighted by atomic mass is 16.5. The van der Waals surface area contributed by atoms with Crippen molar-refractivity contribution in [2.24, 2.45) is 4.99 Å². The quantitative estimate of drug-likeness (QED) is 0.757. The van der Waals surface area contributed by atoms with E-state index in [4.69, 9.17) is 4.74 Å². The van der Waals surface area contributed by atoms with E-state index in [9.17, 15) is 0 Å². The van der Waals surface area contributed by atoms with Crippen molar-refractivity contribution in [1.29, 1.82) is 0 Å². The van der Waals surface area contributed by atoms with E-state index in [1.165, 1.54) is 6.42 Å². The number of allylic oxidation sites excluding steroid dienone is 1. The minimum Gasteiger partial charge on any atom is -0.494 e. The largest absolute Gasteiger partial charge is 0.494 e. The number of aromatic amines is 1. The number of rotatable bonds is 6. The van der Waals surface area contributed by atoms with Crippen LogP contribution in [0.15, 0.2) is 47.1 Å². The molecule has 4 heteroatoms. The molecule has 18 heavy (non-hydrogen) atoms. The van der Waals surface area contributed by atoms with Gasteiger partial charge in [0, 0.05) is 25.0 Å². The summed E-state index contributed by atoms with van der Waals surface area (Å²) in [5, 5.41) is 3.26. The summed E-state index contributed by atoms with van der Waals surface area (Å²) in [5.41, 5.74) is 2.75. The second-order valence-electron chi connectivity index (χ2n) is 4.13. The van der Waals surface area contributed by atoms with Gasteiger partial charge in [0.25, 0.3) is 0 Å². The van der Waals surface area contributed by atoms with Crippen LogP contribution in [0, 0.1) is 0 Å². The van der Waals surface area contributed by atoms with Gasteiger partial charge in [-0.05, 0) is 18.6 Å². The number of hydrogen-bond donors (Lipinski definition) is 2. The van der Waals surface area contributed by atoms with Crippen molar-refractivity contribution in [3.8, 4) is 0 Å². The molecule has 0 spiro atoms. The Morgan fingerprint density at radius 3 is 3.06 bits per heavy atom. The summed E-state index contributed by atoms with van der Waals surface area (Å²) in [6.45, 7) is 3.14. The summed E-state index contributed by atoms with van der Waals surface area (Å²) in [6, 6.07) is 3.95. The highest BCUT2D eigenvalue weighted by Crippen LogP contribution is 2.21. The van der Waals surface area contributed by atoms with E-state index in [0.29, 0.717) is 0 Å². The van der Waals surface area contributed by atoms with E-state index in [0.717, 1.165) is 35.8 Å². The van der Waals surface area contributed by atoms with Gasteiger partial charge in [0.2, 0.25) is 0 Å². The fraction of sp³-hybridized carbons (Fsp3) is 0.357.